The van der Waals surface area contributed by atoms with E-state index in [1.165, 1.54) is 0 Å². The number of piperidine rings is 1. The predicted octanol–water partition coefficient (Wildman–Crippen LogP) is 2.15. The van der Waals surface area contributed by atoms with Gasteiger partial charge in [-0.2, -0.15) is 0 Å². The molecule has 0 radical (unpaired) electrons. The summed E-state index contributed by atoms with van der Waals surface area (Å²) in [6.45, 7) is 6.31. The van der Waals surface area contributed by atoms with Crippen molar-refractivity contribution in [2.45, 2.75) is 39.2 Å². The molecule has 0 saturated carbocycles. The number of pyridine rings is 1. The van der Waals surface area contributed by atoms with Crippen LogP contribution in [0.3, 0.4) is 0 Å². The number of rotatable bonds is 6. The van der Waals surface area contributed by atoms with Gasteiger partial charge >= 0.3 is 0 Å². The third-order valence-electron chi connectivity index (χ3n) is 6.80. The van der Waals surface area contributed by atoms with Crippen LogP contribution in [0.15, 0.2) is 48.8 Å². The zero-order valence-corrected chi connectivity index (χ0v) is 18.9. The maximum absolute atomic E-state index is 13.4. The van der Waals surface area contributed by atoms with E-state index in [4.69, 9.17) is 0 Å². The Hall–Kier alpha value is -2.77. The molecule has 2 saturated heterocycles. The number of hydrazine groups is 1. The topological polar surface area (TPSA) is 86.4 Å². The van der Waals surface area contributed by atoms with Crippen LogP contribution in [0.5, 0.6) is 0 Å². The number of likely N-dealkylation sites (tertiary alicyclic amines) is 1. The van der Waals surface area contributed by atoms with Crippen LogP contribution >= 0.6 is 0 Å². The lowest BCUT2D eigenvalue weighted by Crippen LogP contribution is -2.56. The summed E-state index contributed by atoms with van der Waals surface area (Å²) in [5, 5.41) is 3.06. The summed E-state index contributed by atoms with van der Waals surface area (Å²) in [5.41, 5.74) is 8.81. The van der Waals surface area contributed by atoms with Crippen molar-refractivity contribution in [2.24, 2.45) is 11.3 Å². The molecule has 2 aromatic rings. The zero-order valence-electron chi connectivity index (χ0n) is 18.9. The van der Waals surface area contributed by atoms with Gasteiger partial charge in [0.15, 0.2) is 0 Å². The monoisotopic (exact) mass is 435 g/mol. The van der Waals surface area contributed by atoms with Crippen molar-refractivity contribution >= 4 is 11.8 Å². The molecule has 2 amide bonds. The average molecular weight is 436 g/mol. The van der Waals surface area contributed by atoms with Crippen molar-refractivity contribution in [1.29, 1.82) is 0 Å². The van der Waals surface area contributed by atoms with Gasteiger partial charge in [0.2, 0.25) is 11.8 Å². The lowest BCUT2D eigenvalue weighted by Gasteiger charge is -2.43. The number of hydrogen-bond donors (Lipinski definition) is 3. The van der Waals surface area contributed by atoms with E-state index >= 15 is 0 Å². The number of benzene rings is 1. The van der Waals surface area contributed by atoms with Crippen LogP contribution in [0.25, 0.3) is 11.1 Å². The van der Waals surface area contributed by atoms with Gasteiger partial charge in [0.05, 0.1) is 11.3 Å². The maximum atomic E-state index is 13.4. The maximum Gasteiger partial charge on any atom is 0.228 e. The number of nitrogens with zero attached hydrogens (tertiary/aromatic N) is 2. The summed E-state index contributed by atoms with van der Waals surface area (Å²) in [6, 6.07) is 12.3. The number of amides is 2. The van der Waals surface area contributed by atoms with Crippen molar-refractivity contribution < 1.29 is 9.59 Å². The molecule has 3 N–H and O–H groups in total. The summed E-state index contributed by atoms with van der Waals surface area (Å²) in [5.74, 6) is 0.0563. The first kappa shape index (κ1) is 22.4. The summed E-state index contributed by atoms with van der Waals surface area (Å²) in [7, 11) is 0. The number of hydrogen-bond acceptors (Lipinski definition) is 5. The molecule has 3 unspecified atom stereocenters. The van der Waals surface area contributed by atoms with Crippen LogP contribution in [0.1, 0.15) is 32.3 Å². The van der Waals surface area contributed by atoms with E-state index in [2.05, 4.69) is 33.3 Å². The van der Waals surface area contributed by atoms with Gasteiger partial charge in [-0.15, -0.1) is 0 Å². The Morgan fingerprint density at radius 2 is 2.09 bits per heavy atom. The molecule has 0 aliphatic carbocycles. The Balaban J connectivity index is 1.65. The van der Waals surface area contributed by atoms with Crippen molar-refractivity contribution in [1.82, 2.24) is 26.1 Å². The van der Waals surface area contributed by atoms with Crippen LogP contribution in [0, 0.1) is 11.3 Å². The summed E-state index contributed by atoms with van der Waals surface area (Å²) in [4.78, 5) is 33.0. The van der Waals surface area contributed by atoms with E-state index < -0.39 is 5.41 Å². The highest BCUT2D eigenvalue weighted by atomic mass is 16.2. The lowest BCUT2D eigenvalue weighted by molar-refractivity contribution is -0.144. The van der Waals surface area contributed by atoms with Crippen molar-refractivity contribution in [2.75, 3.05) is 26.2 Å². The van der Waals surface area contributed by atoms with E-state index in [1.807, 2.05) is 49.2 Å². The highest BCUT2D eigenvalue weighted by molar-refractivity contribution is 5.86. The minimum atomic E-state index is -0.648. The Labute approximate surface area is 190 Å². The van der Waals surface area contributed by atoms with Gasteiger partial charge in [-0.25, -0.2) is 0 Å². The fourth-order valence-corrected chi connectivity index (χ4v) is 5.06. The Morgan fingerprint density at radius 3 is 2.81 bits per heavy atom. The molecule has 2 aliphatic heterocycles. The van der Waals surface area contributed by atoms with E-state index in [0.717, 1.165) is 29.5 Å². The molecule has 170 valence electrons. The standard InChI is InChI=1S/C25H33N5O2/c1-3-27-24(32)25(11-7-13-30(17-25)23(31)22-16-28-29-18(22)2)14-19-8-4-5-10-21(19)20-9-6-12-26-15-20/h4-6,8-10,12,15,18,22,28-29H,3,7,11,13-14,16-17H2,1-2H3,(H,27,32). The second kappa shape index (κ2) is 9.79. The third-order valence-corrected chi connectivity index (χ3v) is 6.80. The molecule has 2 aliphatic rings. The summed E-state index contributed by atoms with van der Waals surface area (Å²) < 4.78 is 0. The summed E-state index contributed by atoms with van der Waals surface area (Å²) in [6.07, 6.45) is 5.79. The van der Waals surface area contributed by atoms with Crippen LogP contribution in [-0.4, -0.2) is 53.9 Å². The molecule has 4 rings (SSSR count). The van der Waals surface area contributed by atoms with E-state index in [-0.39, 0.29) is 23.8 Å². The molecular weight excluding hydrogens is 402 g/mol. The van der Waals surface area contributed by atoms with Crippen LogP contribution in [0.2, 0.25) is 0 Å². The Bertz CT molecular complexity index is 950. The van der Waals surface area contributed by atoms with Gasteiger partial charge in [0.25, 0.3) is 0 Å². The van der Waals surface area contributed by atoms with Gasteiger partial charge < -0.3 is 10.2 Å². The van der Waals surface area contributed by atoms with Gasteiger partial charge in [0, 0.05) is 50.2 Å². The summed E-state index contributed by atoms with van der Waals surface area (Å²) >= 11 is 0. The molecule has 3 atom stereocenters. The van der Waals surface area contributed by atoms with Crippen LogP contribution in [-0.2, 0) is 16.0 Å². The third kappa shape index (κ3) is 4.54. The molecule has 0 spiro atoms. The van der Waals surface area contributed by atoms with Gasteiger partial charge in [-0.1, -0.05) is 30.3 Å². The number of carbonyl (C=O) groups excluding carboxylic acids is 2. The van der Waals surface area contributed by atoms with Crippen LogP contribution in [0.4, 0.5) is 0 Å². The minimum absolute atomic E-state index is 0.0363. The van der Waals surface area contributed by atoms with Gasteiger partial charge in [-0.3, -0.25) is 25.4 Å². The van der Waals surface area contributed by atoms with Crippen LogP contribution < -0.4 is 16.2 Å². The predicted molar refractivity (Wildman–Crippen MR) is 124 cm³/mol. The normalized spacial score (nSPS) is 25.5. The first-order valence-corrected chi connectivity index (χ1v) is 11.6. The second-order valence-electron chi connectivity index (χ2n) is 9.00. The van der Waals surface area contributed by atoms with E-state index in [9.17, 15) is 9.59 Å². The second-order valence-corrected chi connectivity index (χ2v) is 9.00. The average Bonchev–Trinajstić information content (AvgIpc) is 3.25. The minimum Gasteiger partial charge on any atom is -0.356 e. The first-order valence-electron chi connectivity index (χ1n) is 11.6. The molecule has 1 aromatic carbocycles. The van der Waals surface area contributed by atoms with Crippen molar-refractivity contribution in [3.63, 3.8) is 0 Å². The lowest BCUT2D eigenvalue weighted by atomic mass is 9.73. The fraction of sp³-hybridized carbons (Fsp3) is 0.480. The quantitative estimate of drug-likeness (QED) is 0.647. The van der Waals surface area contributed by atoms with Gasteiger partial charge in [-0.05, 0) is 50.3 Å². The Kier molecular flexibility index (Phi) is 6.86. The molecular formula is C25H33N5O2. The largest absolute Gasteiger partial charge is 0.356 e. The van der Waals surface area contributed by atoms with Crippen molar-refractivity contribution in [3.8, 4) is 11.1 Å². The van der Waals surface area contributed by atoms with Gasteiger partial charge in [0.1, 0.15) is 0 Å². The van der Waals surface area contributed by atoms with E-state index in [1.54, 1.807) is 6.20 Å². The first-order chi connectivity index (χ1) is 15.5. The number of nitrogens with one attached hydrogen (secondary N) is 3. The highest BCUT2D eigenvalue weighted by Gasteiger charge is 2.45. The molecule has 3 heterocycles. The Morgan fingerprint density at radius 1 is 1.25 bits per heavy atom. The highest BCUT2D eigenvalue weighted by Crippen LogP contribution is 2.37. The number of carbonyl (C=O) groups is 2. The molecule has 7 heteroatoms. The molecule has 7 nitrogen and oxygen atoms in total. The molecule has 0 bridgehead atoms. The van der Waals surface area contributed by atoms with E-state index in [0.29, 0.717) is 32.6 Å². The van der Waals surface area contributed by atoms with Crippen molar-refractivity contribution in [3.05, 3.63) is 54.4 Å². The smallest absolute Gasteiger partial charge is 0.228 e. The molecule has 2 fully saturated rings. The zero-order chi connectivity index (χ0) is 22.6. The molecule has 1 aromatic heterocycles. The SMILES string of the molecule is CCNC(=O)C1(Cc2ccccc2-c2cccnc2)CCCN(C(=O)C2CNNC2C)C1. The molecule has 32 heavy (non-hydrogen) atoms. The number of aromatic nitrogens is 1. The fourth-order valence-electron chi connectivity index (χ4n) is 5.06.